The molecule has 7 heteroatoms. The number of amides is 1. The molecule has 1 saturated carbocycles. The number of pyridine rings is 1. The number of aromatic nitrogens is 1. The van der Waals surface area contributed by atoms with Crippen LogP contribution in [-0.2, 0) is 16.1 Å². The van der Waals surface area contributed by atoms with Gasteiger partial charge in [0.15, 0.2) is 0 Å². The van der Waals surface area contributed by atoms with E-state index in [-0.39, 0.29) is 17.9 Å². The van der Waals surface area contributed by atoms with E-state index in [9.17, 15) is 4.79 Å². The van der Waals surface area contributed by atoms with Gasteiger partial charge in [0.1, 0.15) is 11.6 Å². The lowest BCUT2D eigenvalue weighted by Crippen LogP contribution is -2.44. The Morgan fingerprint density at radius 3 is 2.58 bits per heavy atom. The van der Waals surface area contributed by atoms with Crippen molar-refractivity contribution in [3.63, 3.8) is 0 Å². The highest BCUT2D eigenvalue weighted by atomic mass is 79.9. The molecule has 0 atom stereocenters. The van der Waals surface area contributed by atoms with Crippen LogP contribution in [-0.4, -0.2) is 31.2 Å². The van der Waals surface area contributed by atoms with E-state index in [0.717, 1.165) is 24.2 Å². The first kappa shape index (κ1) is 19.1. The Morgan fingerprint density at radius 2 is 2.00 bits per heavy atom. The predicted octanol–water partition coefficient (Wildman–Crippen LogP) is 4.46. The molecule has 0 radical (unpaired) electrons. The van der Waals surface area contributed by atoms with Gasteiger partial charge < -0.3 is 9.47 Å². The summed E-state index contributed by atoms with van der Waals surface area (Å²) in [6.45, 7) is 0.421. The Hall–Kier alpha value is -1.63. The monoisotopic (exact) mass is 438 g/mol. The van der Waals surface area contributed by atoms with Gasteiger partial charge in [0.25, 0.3) is 0 Å². The zero-order chi connectivity index (χ0) is 18.7. The van der Waals surface area contributed by atoms with Crippen LogP contribution in [0.3, 0.4) is 0 Å². The van der Waals surface area contributed by atoms with E-state index in [1.165, 1.54) is 0 Å². The van der Waals surface area contributed by atoms with Crippen LogP contribution < -0.4 is 9.64 Å². The van der Waals surface area contributed by atoms with Crippen LogP contribution in [0.5, 0.6) is 5.75 Å². The van der Waals surface area contributed by atoms with E-state index in [2.05, 4.69) is 20.9 Å². The molecule has 1 amide bonds. The molecule has 0 bridgehead atoms. The number of halogens is 2. The maximum Gasteiger partial charge on any atom is 0.231 e. The summed E-state index contributed by atoms with van der Waals surface area (Å²) in [5.74, 6) is 1.34. The van der Waals surface area contributed by atoms with Crippen LogP contribution in [0.2, 0.25) is 5.02 Å². The molecule has 0 unspecified atom stereocenters. The third-order valence-corrected chi connectivity index (χ3v) is 5.38. The quantitative estimate of drug-likeness (QED) is 0.666. The number of anilines is 1. The number of benzene rings is 1. The van der Waals surface area contributed by atoms with Gasteiger partial charge in [0, 0.05) is 19.2 Å². The second kappa shape index (κ2) is 8.37. The third kappa shape index (κ3) is 4.19. The Morgan fingerprint density at radius 1 is 1.31 bits per heavy atom. The van der Waals surface area contributed by atoms with Crippen LogP contribution in [0.1, 0.15) is 18.4 Å². The number of methoxy groups -OCH3 is 2. The lowest BCUT2D eigenvalue weighted by molar-refractivity contribution is -0.130. The Labute approximate surface area is 166 Å². The van der Waals surface area contributed by atoms with Gasteiger partial charge in [0.05, 0.1) is 29.3 Å². The average Bonchev–Trinajstić information content (AvgIpc) is 2.60. The Bertz CT molecular complexity index is 779. The minimum absolute atomic E-state index is 0.0460. The van der Waals surface area contributed by atoms with Crippen LogP contribution >= 0.6 is 27.5 Å². The van der Waals surface area contributed by atoms with Crippen LogP contribution in [0, 0.1) is 5.92 Å². The maximum atomic E-state index is 13.1. The molecule has 3 rings (SSSR count). The van der Waals surface area contributed by atoms with Gasteiger partial charge in [-0.05, 0) is 52.5 Å². The molecule has 1 heterocycles. The summed E-state index contributed by atoms with van der Waals surface area (Å²) in [5, 5.41) is 0.514. The fourth-order valence-electron chi connectivity index (χ4n) is 2.96. The molecule has 0 aliphatic heterocycles. The average molecular weight is 440 g/mol. The summed E-state index contributed by atoms with van der Waals surface area (Å²) in [6.07, 6.45) is 3.18. The number of carbonyl (C=O) groups is 1. The van der Waals surface area contributed by atoms with Gasteiger partial charge in [0.2, 0.25) is 5.91 Å². The summed E-state index contributed by atoms with van der Waals surface area (Å²) in [7, 11) is 3.31. The smallest absolute Gasteiger partial charge is 0.231 e. The van der Waals surface area contributed by atoms with Gasteiger partial charge in [-0.3, -0.25) is 9.69 Å². The first-order valence-electron chi connectivity index (χ1n) is 8.30. The number of hydrogen-bond acceptors (Lipinski definition) is 4. The summed E-state index contributed by atoms with van der Waals surface area (Å²) in [4.78, 5) is 19.2. The van der Waals surface area contributed by atoms with Crippen molar-refractivity contribution in [1.29, 1.82) is 0 Å². The lowest BCUT2D eigenvalue weighted by Gasteiger charge is -2.36. The number of hydrogen-bond donors (Lipinski definition) is 0. The van der Waals surface area contributed by atoms with Crippen molar-refractivity contribution in [3.05, 3.63) is 51.6 Å². The molecule has 1 aromatic heterocycles. The largest absolute Gasteiger partial charge is 0.497 e. The summed E-state index contributed by atoms with van der Waals surface area (Å²) in [6, 6.07) is 9.40. The molecular weight excluding hydrogens is 420 g/mol. The SMILES string of the molecule is COc1ccc(CN(C(=O)C2CC(OC)C2)c2ncc(Cl)cc2Br)cc1. The highest BCUT2D eigenvalue weighted by molar-refractivity contribution is 9.10. The predicted molar refractivity (Wildman–Crippen MR) is 105 cm³/mol. The molecule has 0 saturated heterocycles. The Balaban J connectivity index is 1.86. The number of ether oxygens (including phenoxy) is 2. The second-order valence-electron chi connectivity index (χ2n) is 6.26. The van der Waals surface area contributed by atoms with Crippen LogP contribution in [0.4, 0.5) is 5.82 Å². The van der Waals surface area contributed by atoms with E-state index >= 15 is 0 Å². The fraction of sp³-hybridized carbons (Fsp3) is 0.368. The second-order valence-corrected chi connectivity index (χ2v) is 7.55. The topological polar surface area (TPSA) is 51.7 Å². The van der Waals surface area contributed by atoms with Crippen molar-refractivity contribution in [2.24, 2.45) is 5.92 Å². The van der Waals surface area contributed by atoms with Gasteiger partial charge in [-0.1, -0.05) is 23.7 Å². The molecule has 0 spiro atoms. The first-order valence-corrected chi connectivity index (χ1v) is 9.47. The zero-order valence-corrected chi connectivity index (χ0v) is 17.0. The highest BCUT2D eigenvalue weighted by Gasteiger charge is 2.38. The van der Waals surface area contributed by atoms with Gasteiger partial charge >= 0.3 is 0 Å². The molecule has 2 aromatic rings. The van der Waals surface area contributed by atoms with Crippen molar-refractivity contribution >= 4 is 39.3 Å². The van der Waals surface area contributed by atoms with Crippen LogP contribution in [0.25, 0.3) is 0 Å². The summed E-state index contributed by atoms with van der Waals surface area (Å²) in [5.41, 5.74) is 0.991. The number of carbonyl (C=O) groups excluding carboxylic acids is 1. The molecule has 1 aliphatic rings. The zero-order valence-electron chi connectivity index (χ0n) is 14.6. The molecule has 1 aromatic carbocycles. The van der Waals surface area contributed by atoms with E-state index in [1.54, 1.807) is 31.4 Å². The maximum absolute atomic E-state index is 13.1. The molecule has 5 nitrogen and oxygen atoms in total. The molecule has 1 aliphatic carbocycles. The molecular formula is C19H20BrClN2O3. The molecule has 0 N–H and O–H groups in total. The third-order valence-electron chi connectivity index (χ3n) is 4.59. The molecule has 138 valence electrons. The minimum atomic E-state index is -0.0532. The van der Waals surface area contributed by atoms with Crippen molar-refractivity contribution in [3.8, 4) is 5.75 Å². The van der Waals surface area contributed by atoms with Crippen molar-refractivity contribution in [1.82, 2.24) is 4.98 Å². The van der Waals surface area contributed by atoms with Gasteiger partial charge in [-0.2, -0.15) is 0 Å². The lowest BCUT2D eigenvalue weighted by atomic mass is 9.81. The summed E-state index contributed by atoms with van der Waals surface area (Å²) >= 11 is 9.49. The van der Waals surface area contributed by atoms with Crippen LogP contribution in [0.15, 0.2) is 41.0 Å². The van der Waals surface area contributed by atoms with E-state index in [0.29, 0.717) is 21.9 Å². The molecule has 26 heavy (non-hydrogen) atoms. The fourth-order valence-corrected chi connectivity index (χ4v) is 3.81. The van der Waals surface area contributed by atoms with Gasteiger partial charge in [-0.15, -0.1) is 0 Å². The van der Waals surface area contributed by atoms with Crippen molar-refractivity contribution in [2.75, 3.05) is 19.1 Å². The van der Waals surface area contributed by atoms with E-state index in [4.69, 9.17) is 21.1 Å². The van der Waals surface area contributed by atoms with Crippen molar-refractivity contribution < 1.29 is 14.3 Å². The highest BCUT2D eigenvalue weighted by Crippen LogP contribution is 2.35. The Kier molecular flexibility index (Phi) is 6.16. The van der Waals surface area contributed by atoms with E-state index < -0.39 is 0 Å². The van der Waals surface area contributed by atoms with Gasteiger partial charge in [-0.25, -0.2) is 4.98 Å². The van der Waals surface area contributed by atoms with Crippen molar-refractivity contribution in [2.45, 2.75) is 25.5 Å². The standard InChI is InChI=1S/C19H20BrClN2O3/c1-25-15-5-3-12(4-6-15)11-23(18-17(20)9-14(21)10-22-18)19(24)13-7-16(8-13)26-2/h3-6,9-10,13,16H,7-8,11H2,1-2H3. The minimum Gasteiger partial charge on any atom is -0.497 e. The van der Waals surface area contributed by atoms with E-state index in [1.807, 2.05) is 24.3 Å². The number of rotatable bonds is 6. The summed E-state index contributed by atoms with van der Waals surface area (Å²) < 4.78 is 11.2. The molecule has 1 fully saturated rings. The normalized spacial score (nSPS) is 18.9. The first-order chi connectivity index (χ1) is 12.5. The number of nitrogens with zero attached hydrogens (tertiary/aromatic N) is 2.